The van der Waals surface area contributed by atoms with Crippen LogP contribution in [0.15, 0.2) is 24.3 Å². The summed E-state index contributed by atoms with van der Waals surface area (Å²) in [6.45, 7) is 2.36. The lowest BCUT2D eigenvalue weighted by atomic mass is 10.2. The van der Waals surface area contributed by atoms with Crippen molar-refractivity contribution in [2.24, 2.45) is 0 Å². The average Bonchev–Trinajstić information content (AvgIpc) is 2.25. The van der Waals surface area contributed by atoms with Gasteiger partial charge in [0.15, 0.2) is 0 Å². The number of benzene rings is 1. The molecule has 1 rings (SSSR count). The van der Waals surface area contributed by atoms with Gasteiger partial charge >= 0.3 is 12.4 Å². The predicted molar refractivity (Wildman–Crippen MR) is 59.0 cm³/mol. The topological polar surface area (TPSA) is 50.4 Å². The van der Waals surface area contributed by atoms with Crippen LogP contribution in [-0.2, 0) is 6.54 Å². The molecule has 100 valence electrons. The van der Waals surface area contributed by atoms with Crippen LogP contribution < -0.4 is 15.4 Å². The highest BCUT2D eigenvalue weighted by atomic mass is 19.4. The van der Waals surface area contributed by atoms with Gasteiger partial charge < -0.3 is 15.4 Å². The highest BCUT2D eigenvalue weighted by molar-refractivity contribution is 5.73. The third-order valence-corrected chi connectivity index (χ3v) is 1.92. The van der Waals surface area contributed by atoms with Crippen molar-refractivity contribution in [1.29, 1.82) is 0 Å². The molecule has 7 heteroatoms. The Morgan fingerprint density at radius 2 is 2.06 bits per heavy atom. The Morgan fingerprint density at radius 3 is 2.67 bits per heavy atom. The van der Waals surface area contributed by atoms with E-state index in [1.165, 1.54) is 18.2 Å². The molecular formula is C11H13F3N2O2. The van der Waals surface area contributed by atoms with Gasteiger partial charge in [0.05, 0.1) is 0 Å². The van der Waals surface area contributed by atoms with Gasteiger partial charge in [0.25, 0.3) is 0 Å². The first kappa shape index (κ1) is 14.1. The van der Waals surface area contributed by atoms with Crippen molar-refractivity contribution in [3.05, 3.63) is 29.8 Å². The van der Waals surface area contributed by atoms with Crippen LogP contribution >= 0.6 is 0 Å². The zero-order chi connectivity index (χ0) is 13.6. The minimum Gasteiger partial charge on any atom is -0.406 e. The van der Waals surface area contributed by atoms with Gasteiger partial charge in [-0.25, -0.2) is 4.79 Å². The zero-order valence-electron chi connectivity index (χ0n) is 9.67. The number of carbonyl (C=O) groups is 1. The first-order valence-electron chi connectivity index (χ1n) is 5.27. The molecular weight excluding hydrogens is 249 g/mol. The highest BCUT2D eigenvalue weighted by Crippen LogP contribution is 2.23. The second-order valence-corrected chi connectivity index (χ2v) is 3.41. The maximum absolute atomic E-state index is 12.0. The number of amides is 2. The molecule has 0 aliphatic carbocycles. The largest absolute Gasteiger partial charge is 0.573 e. The number of carbonyl (C=O) groups excluding carboxylic acids is 1. The van der Waals surface area contributed by atoms with Crippen LogP contribution in [-0.4, -0.2) is 18.9 Å². The van der Waals surface area contributed by atoms with E-state index in [-0.39, 0.29) is 18.3 Å². The molecule has 0 heterocycles. The first-order valence-corrected chi connectivity index (χ1v) is 5.27. The first-order chi connectivity index (χ1) is 8.40. The van der Waals surface area contributed by atoms with Gasteiger partial charge in [-0.1, -0.05) is 12.1 Å². The number of hydrogen-bond acceptors (Lipinski definition) is 2. The molecule has 2 amide bonds. The summed E-state index contributed by atoms with van der Waals surface area (Å²) in [5.41, 5.74) is 0.517. The number of alkyl halides is 3. The van der Waals surface area contributed by atoms with Gasteiger partial charge in [-0.2, -0.15) is 0 Å². The third-order valence-electron chi connectivity index (χ3n) is 1.92. The monoisotopic (exact) mass is 262 g/mol. The highest BCUT2D eigenvalue weighted by Gasteiger charge is 2.31. The Kier molecular flexibility index (Phi) is 4.82. The molecule has 0 bridgehead atoms. The van der Waals surface area contributed by atoms with Crippen LogP contribution in [0.5, 0.6) is 5.75 Å². The molecule has 0 aromatic heterocycles. The molecule has 0 aliphatic rings. The molecule has 1 aromatic carbocycles. The molecule has 2 N–H and O–H groups in total. The summed E-state index contributed by atoms with van der Waals surface area (Å²) in [7, 11) is 0. The lowest BCUT2D eigenvalue weighted by molar-refractivity contribution is -0.274. The number of rotatable bonds is 4. The second-order valence-electron chi connectivity index (χ2n) is 3.41. The molecule has 18 heavy (non-hydrogen) atoms. The zero-order valence-corrected chi connectivity index (χ0v) is 9.67. The molecule has 0 aliphatic heterocycles. The summed E-state index contributed by atoms with van der Waals surface area (Å²) in [5, 5.41) is 5.01. The molecule has 0 atom stereocenters. The third kappa shape index (κ3) is 5.42. The number of nitrogens with one attached hydrogen (secondary N) is 2. The summed E-state index contributed by atoms with van der Waals surface area (Å²) in [6, 6.07) is 5.06. The standard InChI is InChI=1S/C11H13F3N2O2/c1-2-15-10(17)16-7-8-4-3-5-9(6-8)18-11(12,13)14/h3-6H,2,7H2,1H3,(H2,15,16,17). The molecule has 1 aromatic rings. The Labute approximate surface area is 102 Å². The van der Waals surface area contributed by atoms with Gasteiger partial charge in [0.1, 0.15) is 5.75 Å². The van der Waals surface area contributed by atoms with E-state index in [1.54, 1.807) is 13.0 Å². The molecule has 0 saturated heterocycles. The number of halogens is 3. The summed E-state index contributed by atoms with van der Waals surface area (Å²) in [6.07, 6.45) is -4.72. The van der Waals surface area contributed by atoms with E-state index in [1.807, 2.05) is 0 Å². The molecule has 0 saturated carbocycles. The van der Waals surface area contributed by atoms with Gasteiger partial charge in [-0.3, -0.25) is 0 Å². The van der Waals surface area contributed by atoms with E-state index in [0.29, 0.717) is 12.1 Å². The van der Waals surface area contributed by atoms with E-state index in [4.69, 9.17) is 0 Å². The number of ether oxygens (including phenoxy) is 1. The van der Waals surface area contributed by atoms with Gasteiger partial charge in [0, 0.05) is 13.1 Å². The van der Waals surface area contributed by atoms with Crippen LogP contribution in [0.4, 0.5) is 18.0 Å². The van der Waals surface area contributed by atoms with Crippen molar-refractivity contribution in [2.45, 2.75) is 19.8 Å². The molecule has 4 nitrogen and oxygen atoms in total. The van der Waals surface area contributed by atoms with Crippen LogP contribution in [0.1, 0.15) is 12.5 Å². The van der Waals surface area contributed by atoms with Gasteiger partial charge in [0.2, 0.25) is 0 Å². The predicted octanol–water partition coefficient (Wildman–Crippen LogP) is 2.40. The van der Waals surface area contributed by atoms with E-state index in [2.05, 4.69) is 15.4 Å². The van der Waals surface area contributed by atoms with Crippen LogP contribution in [0, 0.1) is 0 Å². The van der Waals surface area contributed by atoms with Crippen molar-refractivity contribution < 1.29 is 22.7 Å². The number of urea groups is 1. The van der Waals surface area contributed by atoms with Crippen molar-refractivity contribution in [3.63, 3.8) is 0 Å². The van der Waals surface area contributed by atoms with E-state index >= 15 is 0 Å². The maximum atomic E-state index is 12.0. The van der Waals surface area contributed by atoms with Crippen molar-refractivity contribution in [3.8, 4) is 5.75 Å². The fraction of sp³-hybridized carbons (Fsp3) is 0.364. The summed E-state index contributed by atoms with van der Waals surface area (Å²) < 4.78 is 39.7. The van der Waals surface area contributed by atoms with E-state index in [9.17, 15) is 18.0 Å². The molecule has 0 radical (unpaired) electrons. The summed E-state index contributed by atoms with van der Waals surface area (Å²) in [4.78, 5) is 11.1. The van der Waals surface area contributed by atoms with Gasteiger partial charge in [-0.15, -0.1) is 13.2 Å². The van der Waals surface area contributed by atoms with Gasteiger partial charge in [-0.05, 0) is 24.6 Å². The Balaban J connectivity index is 2.57. The van der Waals surface area contributed by atoms with Crippen molar-refractivity contribution in [1.82, 2.24) is 10.6 Å². The fourth-order valence-corrected chi connectivity index (χ4v) is 1.26. The summed E-state index contributed by atoms with van der Waals surface area (Å²) >= 11 is 0. The Bertz CT molecular complexity index is 408. The van der Waals surface area contributed by atoms with Crippen LogP contribution in [0.3, 0.4) is 0 Å². The summed E-state index contributed by atoms with van der Waals surface area (Å²) in [5.74, 6) is -0.308. The minimum absolute atomic E-state index is 0.126. The molecule has 0 unspecified atom stereocenters. The number of hydrogen-bond donors (Lipinski definition) is 2. The minimum atomic E-state index is -4.72. The van der Waals surface area contributed by atoms with Crippen molar-refractivity contribution in [2.75, 3.05) is 6.54 Å². The molecule has 0 fully saturated rings. The SMILES string of the molecule is CCNC(=O)NCc1cccc(OC(F)(F)F)c1. The Hall–Kier alpha value is -1.92. The van der Waals surface area contributed by atoms with Crippen LogP contribution in [0.2, 0.25) is 0 Å². The average molecular weight is 262 g/mol. The Morgan fingerprint density at radius 1 is 1.33 bits per heavy atom. The lowest BCUT2D eigenvalue weighted by Gasteiger charge is -2.10. The fourth-order valence-electron chi connectivity index (χ4n) is 1.26. The van der Waals surface area contributed by atoms with E-state index in [0.717, 1.165) is 0 Å². The normalized spacial score (nSPS) is 10.9. The van der Waals surface area contributed by atoms with Crippen molar-refractivity contribution >= 4 is 6.03 Å². The molecule has 0 spiro atoms. The van der Waals surface area contributed by atoms with Crippen LogP contribution in [0.25, 0.3) is 0 Å². The smallest absolute Gasteiger partial charge is 0.406 e. The second kappa shape index (κ2) is 6.13. The lowest BCUT2D eigenvalue weighted by Crippen LogP contribution is -2.34. The quantitative estimate of drug-likeness (QED) is 0.875. The van der Waals surface area contributed by atoms with E-state index < -0.39 is 6.36 Å². The maximum Gasteiger partial charge on any atom is 0.573 e.